The molecule has 0 amide bonds. The summed E-state index contributed by atoms with van der Waals surface area (Å²) in [6, 6.07) is 6.73. The van der Waals surface area contributed by atoms with Gasteiger partial charge in [0.1, 0.15) is 0 Å². The molecule has 2 aliphatic carbocycles. The number of alkyl halides is 2. The Morgan fingerprint density at radius 1 is 1.29 bits per heavy atom. The van der Waals surface area contributed by atoms with Crippen LogP contribution in [0.5, 0.6) is 0 Å². The molecule has 0 saturated heterocycles. The van der Waals surface area contributed by atoms with Gasteiger partial charge in [-0.3, -0.25) is 9.36 Å². The number of fused-ring (bicyclic) bond motifs is 3. The van der Waals surface area contributed by atoms with Crippen LogP contribution < -0.4 is 0 Å². The Morgan fingerprint density at radius 2 is 2.08 bits per heavy atom. The van der Waals surface area contributed by atoms with Crippen molar-refractivity contribution in [2.24, 2.45) is 17.8 Å². The summed E-state index contributed by atoms with van der Waals surface area (Å²) in [5.41, 5.74) is 0.834. The molecule has 1 aromatic carbocycles. The molecule has 6 heteroatoms. The molecule has 0 N–H and O–H groups in total. The first kappa shape index (κ1) is 15.5. The van der Waals surface area contributed by atoms with Crippen LogP contribution in [-0.2, 0) is 9.53 Å². The Bertz CT molecular complexity index is 773. The summed E-state index contributed by atoms with van der Waals surface area (Å²) < 4.78 is 33.4. The van der Waals surface area contributed by atoms with Crippen molar-refractivity contribution in [2.75, 3.05) is 0 Å². The number of halogens is 2. The number of aromatic nitrogens is 2. The smallest absolute Gasteiger partial charge is 0.320 e. The second-order valence-electron chi connectivity index (χ2n) is 6.97. The monoisotopic (exact) mass is 334 g/mol. The zero-order chi connectivity index (χ0) is 16.8. The zero-order valence-corrected chi connectivity index (χ0v) is 13.5. The van der Waals surface area contributed by atoms with Crippen LogP contribution >= 0.6 is 0 Å². The van der Waals surface area contributed by atoms with E-state index in [0.29, 0.717) is 22.9 Å². The highest BCUT2D eigenvalue weighted by atomic mass is 19.3. The first-order chi connectivity index (χ1) is 11.5. The predicted molar refractivity (Wildman–Crippen MR) is 84.4 cm³/mol. The summed E-state index contributed by atoms with van der Waals surface area (Å²) in [6.45, 7) is -1.11. The van der Waals surface area contributed by atoms with Crippen molar-refractivity contribution in [1.82, 2.24) is 9.55 Å². The van der Waals surface area contributed by atoms with Crippen molar-refractivity contribution >= 4 is 17.0 Å². The van der Waals surface area contributed by atoms with E-state index in [-0.39, 0.29) is 17.7 Å². The second-order valence-corrected chi connectivity index (χ2v) is 6.97. The summed E-state index contributed by atoms with van der Waals surface area (Å²) in [6.07, 6.45) is 3.46. The zero-order valence-electron chi connectivity index (χ0n) is 13.5. The maximum Gasteiger partial charge on any atom is 0.320 e. The van der Waals surface area contributed by atoms with Crippen molar-refractivity contribution in [3.05, 3.63) is 30.1 Å². The van der Waals surface area contributed by atoms with Crippen LogP contribution in [0.4, 0.5) is 8.78 Å². The van der Waals surface area contributed by atoms with Crippen molar-refractivity contribution in [3.63, 3.8) is 0 Å². The fourth-order valence-corrected chi connectivity index (χ4v) is 4.40. The summed E-state index contributed by atoms with van der Waals surface area (Å²) in [4.78, 5) is 16.7. The highest BCUT2D eigenvalue weighted by Crippen LogP contribution is 2.49. The third-order valence-electron chi connectivity index (χ3n) is 5.52. The minimum Gasteiger partial charge on any atom is -0.454 e. The van der Waals surface area contributed by atoms with Gasteiger partial charge in [-0.1, -0.05) is 18.6 Å². The maximum absolute atomic E-state index is 13.5. The van der Waals surface area contributed by atoms with E-state index < -0.39 is 12.7 Å². The Labute approximate surface area is 138 Å². The second kappa shape index (κ2) is 5.83. The van der Waals surface area contributed by atoms with Gasteiger partial charge < -0.3 is 4.74 Å². The molecule has 4 nitrogen and oxygen atoms in total. The Kier molecular flexibility index (Phi) is 3.77. The first-order valence-electron chi connectivity index (χ1n) is 8.50. The van der Waals surface area contributed by atoms with Gasteiger partial charge in [-0.25, -0.2) is 4.98 Å². The van der Waals surface area contributed by atoms with E-state index in [1.165, 1.54) is 6.42 Å². The topological polar surface area (TPSA) is 44.1 Å². The number of hydrogen-bond donors (Lipinski definition) is 0. The number of para-hydroxylation sites is 2. The van der Waals surface area contributed by atoms with Crippen LogP contribution in [0.3, 0.4) is 0 Å². The molecule has 4 rings (SSSR count). The van der Waals surface area contributed by atoms with Gasteiger partial charge in [0.15, 0.2) is 11.9 Å². The number of carbonyl (C=O) groups excluding carboxylic acids is 1. The van der Waals surface area contributed by atoms with Crippen molar-refractivity contribution in [1.29, 1.82) is 0 Å². The van der Waals surface area contributed by atoms with Crippen molar-refractivity contribution in [2.45, 2.75) is 45.3 Å². The lowest BCUT2D eigenvalue weighted by atomic mass is 9.89. The van der Waals surface area contributed by atoms with Gasteiger partial charge in [0, 0.05) is 0 Å². The largest absolute Gasteiger partial charge is 0.454 e. The van der Waals surface area contributed by atoms with Gasteiger partial charge >= 0.3 is 12.5 Å². The van der Waals surface area contributed by atoms with Gasteiger partial charge in [0.25, 0.3) is 0 Å². The molecular formula is C18H20F2N2O2. The molecule has 1 heterocycles. The molecule has 24 heavy (non-hydrogen) atoms. The molecule has 2 saturated carbocycles. The van der Waals surface area contributed by atoms with E-state index in [0.717, 1.165) is 23.8 Å². The van der Waals surface area contributed by atoms with Crippen LogP contribution in [0.25, 0.3) is 11.0 Å². The van der Waals surface area contributed by atoms with Gasteiger partial charge in [-0.15, -0.1) is 0 Å². The van der Waals surface area contributed by atoms with E-state index in [1.54, 1.807) is 31.2 Å². The molecule has 0 radical (unpaired) electrons. The number of rotatable bonds is 4. The van der Waals surface area contributed by atoms with Crippen molar-refractivity contribution in [3.8, 4) is 0 Å². The number of nitrogens with zero attached hydrogens (tertiary/aromatic N) is 2. The van der Waals surface area contributed by atoms with Crippen LogP contribution in [0.2, 0.25) is 0 Å². The molecule has 0 aliphatic heterocycles. The molecule has 2 aromatic rings. The molecule has 2 fully saturated rings. The SMILES string of the molecule is CC(OC(=O)C1CC2CCC1C2)c1nc2ccccc2n1C(F)F. The van der Waals surface area contributed by atoms with E-state index in [2.05, 4.69) is 4.98 Å². The Balaban J connectivity index is 1.58. The normalized spacial score (nSPS) is 27.1. The molecule has 128 valence electrons. The lowest BCUT2D eigenvalue weighted by Crippen LogP contribution is -2.25. The minimum atomic E-state index is -2.73. The highest BCUT2D eigenvalue weighted by molar-refractivity contribution is 5.76. The molecule has 2 aliphatic rings. The van der Waals surface area contributed by atoms with Gasteiger partial charge in [-0.2, -0.15) is 8.78 Å². The molecule has 1 aromatic heterocycles. The standard InChI is InChI=1S/C18H20F2N2O2/c1-10(24-17(23)13-9-11-6-7-12(13)8-11)16-21-14-4-2-3-5-15(14)22(16)18(19)20/h2-5,10-13,18H,6-9H2,1H3. The van der Waals surface area contributed by atoms with Gasteiger partial charge in [0.05, 0.1) is 17.0 Å². The number of hydrogen-bond acceptors (Lipinski definition) is 3. The lowest BCUT2D eigenvalue weighted by Gasteiger charge is -2.22. The molecule has 2 bridgehead atoms. The van der Waals surface area contributed by atoms with Crippen molar-refractivity contribution < 1.29 is 18.3 Å². The fraction of sp³-hybridized carbons (Fsp3) is 0.556. The quantitative estimate of drug-likeness (QED) is 0.775. The number of ether oxygens (including phenoxy) is 1. The summed E-state index contributed by atoms with van der Waals surface area (Å²) in [5, 5.41) is 0. The average molecular weight is 334 g/mol. The lowest BCUT2D eigenvalue weighted by molar-refractivity contribution is -0.156. The fourth-order valence-electron chi connectivity index (χ4n) is 4.40. The molecular weight excluding hydrogens is 314 g/mol. The van der Waals surface area contributed by atoms with E-state index >= 15 is 0 Å². The Morgan fingerprint density at radius 3 is 2.75 bits per heavy atom. The summed E-state index contributed by atoms with van der Waals surface area (Å²) >= 11 is 0. The van der Waals surface area contributed by atoms with Gasteiger partial charge in [0.2, 0.25) is 0 Å². The number of benzene rings is 1. The highest BCUT2D eigenvalue weighted by Gasteiger charge is 2.44. The van der Waals surface area contributed by atoms with E-state index in [1.807, 2.05) is 0 Å². The van der Waals surface area contributed by atoms with Gasteiger partial charge in [-0.05, 0) is 50.2 Å². The molecule has 4 atom stereocenters. The van der Waals surface area contributed by atoms with Crippen LogP contribution in [0, 0.1) is 17.8 Å². The minimum absolute atomic E-state index is 0.0735. The van der Waals surface area contributed by atoms with E-state index in [9.17, 15) is 13.6 Å². The van der Waals surface area contributed by atoms with E-state index in [4.69, 9.17) is 4.74 Å². The summed E-state index contributed by atoms with van der Waals surface area (Å²) in [5.74, 6) is 0.804. The van der Waals surface area contributed by atoms with Crippen LogP contribution in [0.1, 0.15) is 51.1 Å². The third-order valence-corrected chi connectivity index (χ3v) is 5.52. The average Bonchev–Trinajstić information content (AvgIpc) is 3.27. The number of carbonyl (C=O) groups is 1. The number of imidazole rings is 1. The molecule has 0 spiro atoms. The number of esters is 1. The third kappa shape index (κ3) is 2.48. The van der Waals surface area contributed by atoms with Crippen LogP contribution in [0.15, 0.2) is 24.3 Å². The maximum atomic E-state index is 13.5. The first-order valence-corrected chi connectivity index (χ1v) is 8.50. The Hall–Kier alpha value is -1.98. The van der Waals surface area contributed by atoms with Crippen LogP contribution in [-0.4, -0.2) is 15.5 Å². The predicted octanol–water partition coefficient (Wildman–Crippen LogP) is 4.47. The molecule has 4 unspecified atom stereocenters. The summed E-state index contributed by atoms with van der Waals surface area (Å²) in [7, 11) is 0.